The highest BCUT2D eigenvalue weighted by Crippen LogP contribution is 2.43. The molecule has 0 fully saturated rings. The zero-order valence-electron chi connectivity index (χ0n) is 15.0. The second kappa shape index (κ2) is 7.50. The number of ether oxygens (including phenoxy) is 1. The van der Waals surface area contributed by atoms with E-state index in [1.54, 1.807) is 0 Å². The van der Waals surface area contributed by atoms with Gasteiger partial charge in [-0.25, -0.2) is 0 Å². The molecule has 124 valence electrons. The maximum absolute atomic E-state index is 6.44. The minimum absolute atomic E-state index is 0.00374. The van der Waals surface area contributed by atoms with Gasteiger partial charge in [-0.05, 0) is 49.8 Å². The van der Waals surface area contributed by atoms with Crippen LogP contribution in [0.4, 0.5) is 0 Å². The van der Waals surface area contributed by atoms with Gasteiger partial charge in [0.05, 0.1) is 0 Å². The summed E-state index contributed by atoms with van der Waals surface area (Å²) in [5.41, 5.74) is 2.76. The Hall–Kier alpha value is -1.02. The van der Waals surface area contributed by atoms with Crippen LogP contribution in [0.25, 0.3) is 0 Å². The lowest BCUT2D eigenvalue weighted by molar-refractivity contribution is 0.0226. The maximum atomic E-state index is 6.44. The summed E-state index contributed by atoms with van der Waals surface area (Å²) in [6, 6.07) is 7.17. The van der Waals surface area contributed by atoms with Gasteiger partial charge in [-0.2, -0.15) is 0 Å². The van der Waals surface area contributed by atoms with Gasteiger partial charge in [0, 0.05) is 18.0 Å². The van der Waals surface area contributed by atoms with E-state index in [2.05, 4.69) is 58.1 Å². The van der Waals surface area contributed by atoms with Gasteiger partial charge in [0.25, 0.3) is 0 Å². The predicted octanol–water partition coefficient (Wildman–Crippen LogP) is 5.27. The number of aryl methyl sites for hydroxylation is 1. The van der Waals surface area contributed by atoms with Gasteiger partial charge < -0.3 is 10.1 Å². The topological polar surface area (TPSA) is 21.3 Å². The van der Waals surface area contributed by atoms with E-state index in [4.69, 9.17) is 4.74 Å². The van der Waals surface area contributed by atoms with Gasteiger partial charge in [0.2, 0.25) is 0 Å². The third-order valence-corrected chi connectivity index (χ3v) is 5.16. The number of hydrogen-bond acceptors (Lipinski definition) is 2. The Bertz CT molecular complexity index is 477. The quantitative estimate of drug-likeness (QED) is 0.741. The normalized spacial score (nSPS) is 19.8. The third kappa shape index (κ3) is 3.84. The molecule has 0 aliphatic carbocycles. The summed E-state index contributed by atoms with van der Waals surface area (Å²) >= 11 is 0. The van der Waals surface area contributed by atoms with Gasteiger partial charge in [-0.15, -0.1) is 0 Å². The van der Waals surface area contributed by atoms with Crippen molar-refractivity contribution in [2.75, 3.05) is 6.54 Å². The van der Waals surface area contributed by atoms with E-state index in [0.717, 1.165) is 43.9 Å². The Morgan fingerprint density at radius 3 is 2.55 bits per heavy atom. The first-order valence-electron chi connectivity index (χ1n) is 9.08. The Morgan fingerprint density at radius 2 is 1.95 bits per heavy atom. The van der Waals surface area contributed by atoms with Crippen molar-refractivity contribution in [2.24, 2.45) is 5.92 Å². The van der Waals surface area contributed by atoms with Crippen LogP contribution in [0.3, 0.4) is 0 Å². The van der Waals surface area contributed by atoms with E-state index in [1.165, 1.54) is 17.5 Å². The van der Waals surface area contributed by atoms with E-state index >= 15 is 0 Å². The van der Waals surface area contributed by atoms with Gasteiger partial charge >= 0.3 is 0 Å². The Labute approximate surface area is 136 Å². The van der Waals surface area contributed by atoms with Crippen LogP contribution in [0.15, 0.2) is 18.2 Å². The van der Waals surface area contributed by atoms with Crippen LogP contribution in [0.5, 0.6) is 5.75 Å². The molecule has 0 bridgehead atoms. The van der Waals surface area contributed by atoms with E-state index in [9.17, 15) is 0 Å². The highest BCUT2D eigenvalue weighted by atomic mass is 16.5. The molecule has 1 aliphatic heterocycles. The van der Waals surface area contributed by atoms with Crippen molar-refractivity contribution in [3.05, 3.63) is 29.3 Å². The molecule has 0 saturated heterocycles. The van der Waals surface area contributed by atoms with Crippen molar-refractivity contribution in [3.63, 3.8) is 0 Å². The molecule has 1 N–H and O–H groups in total. The molecule has 1 aromatic rings. The van der Waals surface area contributed by atoms with Crippen LogP contribution in [0.2, 0.25) is 0 Å². The van der Waals surface area contributed by atoms with Crippen molar-refractivity contribution in [2.45, 2.75) is 78.4 Å². The minimum atomic E-state index is -0.00374. The van der Waals surface area contributed by atoms with Crippen LogP contribution >= 0.6 is 0 Å². The summed E-state index contributed by atoms with van der Waals surface area (Å²) in [5, 5.41) is 3.80. The van der Waals surface area contributed by atoms with Crippen molar-refractivity contribution in [1.82, 2.24) is 5.32 Å². The van der Waals surface area contributed by atoms with Crippen LogP contribution in [-0.2, 0) is 6.42 Å². The van der Waals surface area contributed by atoms with E-state index < -0.39 is 0 Å². The summed E-state index contributed by atoms with van der Waals surface area (Å²) < 4.78 is 6.44. The van der Waals surface area contributed by atoms with E-state index in [0.29, 0.717) is 6.04 Å². The predicted molar refractivity (Wildman–Crippen MR) is 94.6 cm³/mol. The average Bonchev–Trinajstić information content (AvgIpc) is 2.53. The van der Waals surface area contributed by atoms with Crippen molar-refractivity contribution in [1.29, 1.82) is 0 Å². The van der Waals surface area contributed by atoms with E-state index in [-0.39, 0.29) is 5.60 Å². The summed E-state index contributed by atoms with van der Waals surface area (Å²) in [6.07, 6.45) is 5.53. The van der Waals surface area contributed by atoms with Crippen molar-refractivity contribution in [3.8, 4) is 5.75 Å². The molecule has 1 heterocycles. The first-order valence-corrected chi connectivity index (χ1v) is 9.08. The first-order chi connectivity index (χ1) is 10.5. The van der Waals surface area contributed by atoms with E-state index in [1.807, 2.05) is 0 Å². The molecule has 2 heteroatoms. The maximum Gasteiger partial charge on any atom is 0.124 e. The molecule has 2 rings (SSSR count). The SMILES string of the molecule is CCc1ccc2c(c1)C(NCCC(C)C)CC(CC)(CC)O2. The molecule has 1 aliphatic rings. The second-order valence-electron chi connectivity index (χ2n) is 7.11. The van der Waals surface area contributed by atoms with Gasteiger partial charge in [-0.3, -0.25) is 0 Å². The minimum Gasteiger partial charge on any atom is -0.487 e. The summed E-state index contributed by atoms with van der Waals surface area (Å²) in [7, 11) is 0. The Balaban J connectivity index is 2.25. The van der Waals surface area contributed by atoms with Crippen LogP contribution in [0.1, 0.15) is 77.5 Å². The van der Waals surface area contributed by atoms with Gasteiger partial charge in [0.15, 0.2) is 0 Å². The lowest BCUT2D eigenvalue weighted by Gasteiger charge is -2.42. The molecular weight excluding hydrogens is 270 g/mol. The zero-order valence-corrected chi connectivity index (χ0v) is 15.0. The summed E-state index contributed by atoms with van der Waals surface area (Å²) in [6.45, 7) is 12.4. The molecule has 1 atom stereocenters. The Kier molecular flexibility index (Phi) is 5.91. The third-order valence-electron chi connectivity index (χ3n) is 5.16. The first kappa shape index (κ1) is 17.3. The number of hydrogen-bond donors (Lipinski definition) is 1. The number of rotatable bonds is 7. The van der Waals surface area contributed by atoms with Gasteiger partial charge in [0.1, 0.15) is 11.4 Å². The standard InChI is InChI=1S/C20H33NO/c1-6-16-9-10-19-17(13-16)18(21-12-11-15(4)5)14-20(7-2,8-3)22-19/h9-10,13,15,18,21H,6-8,11-12,14H2,1-5H3. The summed E-state index contributed by atoms with van der Waals surface area (Å²) in [4.78, 5) is 0. The molecule has 0 saturated carbocycles. The molecule has 1 aromatic carbocycles. The van der Waals surface area contributed by atoms with Crippen molar-refractivity contribution >= 4 is 0 Å². The fourth-order valence-corrected chi connectivity index (χ4v) is 3.35. The van der Waals surface area contributed by atoms with Crippen LogP contribution < -0.4 is 10.1 Å². The highest BCUT2D eigenvalue weighted by molar-refractivity contribution is 5.42. The largest absolute Gasteiger partial charge is 0.487 e. The Morgan fingerprint density at radius 1 is 1.23 bits per heavy atom. The fourth-order valence-electron chi connectivity index (χ4n) is 3.35. The lowest BCUT2D eigenvalue weighted by Crippen LogP contribution is -2.43. The fraction of sp³-hybridized carbons (Fsp3) is 0.700. The van der Waals surface area contributed by atoms with Crippen molar-refractivity contribution < 1.29 is 4.74 Å². The van der Waals surface area contributed by atoms with Gasteiger partial charge in [-0.1, -0.05) is 46.8 Å². The molecule has 22 heavy (non-hydrogen) atoms. The molecule has 2 nitrogen and oxygen atoms in total. The number of nitrogens with one attached hydrogen (secondary N) is 1. The summed E-state index contributed by atoms with van der Waals surface area (Å²) in [5.74, 6) is 1.84. The zero-order chi connectivity index (χ0) is 16.2. The number of benzene rings is 1. The lowest BCUT2D eigenvalue weighted by atomic mass is 9.83. The second-order valence-corrected chi connectivity index (χ2v) is 7.11. The van der Waals surface area contributed by atoms with Crippen LogP contribution in [-0.4, -0.2) is 12.1 Å². The molecule has 0 radical (unpaired) electrons. The van der Waals surface area contributed by atoms with Crippen LogP contribution in [0, 0.1) is 5.92 Å². The smallest absolute Gasteiger partial charge is 0.124 e. The monoisotopic (exact) mass is 303 g/mol. The molecular formula is C20H33NO. The molecule has 1 unspecified atom stereocenters. The highest BCUT2D eigenvalue weighted by Gasteiger charge is 2.38. The molecule has 0 aromatic heterocycles. The number of fused-ring (bicyclic) bond motifs is 1. The average molecular weight is 303 g/mol. The molecule has 0 amide bonds. The molecule has 0 spiro atoms.